The highest BCUT2D eigenvalue weighted by Crippen LogP contribution is 2.36. The third-order valence-electron chi connectivity index (χ3n) is 3.33. The van der Waals surface area contributed by atoms with Crippen LogP contribution in [0.1, 0.15) is 19.8 Å². The van der Waals surface area contributed by atoms with E-state index in [0.29, 0.717) is 5.75 Å². The van der Waals surface area contributed by atoms with E-state index in [4.69, 9.17) is 23.2 Å². The monoisotopic (exact) mass is 333 g/mol. The Morgan fingerprint density at radius 2 is 1.90 bits per heavy atom. The Kier molecular flexibility index (Phi) is 5.47. The topological polar surface area (TPSA) is 40.5 Å². The first-order valence-corrected chi connectivity index (χ1v) is 8.33. The van der Waals surface area contributed by atoms with Gasteiger partial charge in [0.1, 0.15) is 0 Å². The molecule has 1 aliphatic rings. The Morgan fingerprint density at radius 1 is 1.35 bits per heavy atom. The van der Waals surface area contributed by atoms with E-state index in [-0.39, 0.29) is 27.6 Å². The van der Waals surface area contributed by atoms with Crippen LogP contribution in [0.2, 0.25) is 10.0 Å². The van der Waals surface area contributed by atoms with Crippen LogP contribution in [0, 0.1) is 5.92 Å². The molecule has 0 aromatic heterocycles. The first kappa shape index (κ1) is 15.8. The summed E-state index contributed by atoms with van der Waals surface area (Å²) in [7, 11) is 0. The van der Waals surface area contributed by atoms with Crippen molar-refractivity contribution in [2.45, 2.75) is 24.7 Å². The maximum Gasteiger partial charge on any atom is 0.226 e. The molecule has 6 heteroatoms. The van der Waals surface area contributed by atoms with Crippen LogP contribution >= 0.6 is 35.0 Å². The van der Waals surface area contributed by atoms with E-state index < -0.39 is 0 Å². The number of thioether (sulfide) groups is 1. The number of phenols is 1. The summed E-state index contributed by atoms with van der Waals surface area (Å²) >= 11 is 13.3. The third kappa shape index (κ3) is 3.74. The summed E-state index contributed by atoms with van der Waals surface area (Å²) in [5.41, 5.74) is 0. The molecule has 1 fully saturated rings. The smallest absolute Gasteiger partial charge is 0.226 e. The van der Waals surface area contributed by atoms with E-state index in [9.17, 15) is 9.90 Å². The number of halogens is 2. The van der Waals surface area contributed by atoms with Crippen LogP contribution < -0.4 is 0 Å². The number of phenolic OH excluding ortho intramolecular Hbond substituents is 1. The number of rotatable bonds is 4. The van der Waals surface area contributed by atoms with Crippen molar-refractivity contribution in [3.8, 4) is 5.75 Å². The summed E-state index contributed by atoms with van der Waals surface area (Å²) in [4.78, 5) is 15.0. The molecule has 1 atom stereocenters. The normalized spacial score (nSPS) is 16.4. The van der Waals surface area contributed by atoms with E-state index in [1.165, 1.54) is 11.8 Å². The second kappa shape index (κ2) is 6.92. The zero-order chi connectivity index (χ0) is 14.7. The van der Waals surface area contributed by atoms with Crippen molar-refractivity contribution < 1.29 is 9.90 Å². The van der Waals surface area contributed by atoms with E-state index in [0.717, 1.165) is 30.8 Å². The largest absolute Gasteiger partial charge is 0.505 e. The van der Waals surface area contributed by atoms with Crippen molar-refractivity contribution >= 4 is 40.9 Å². The summed E-state index contributed by atoms with van der Waals surface area (Å²) in [6.07, 6.45) is 2.21. The number of hydrogen-bond acceptors (Lipinski definition) is 3. The SMILES string of the molecule is CC(CSc1cc(Cl)c(O)c(Cl)c1)C(=O)N1CCCC1. The molecule has 1 N–H and O–H groups in total. The van der Waals surface area contributed by atoms with Crippen molar-refractivity contribution in [3.63, 3.8) is 0 Å². The van der Waals surface area contributed by atoms with E-state index in [2.05, 4.69) is 0 Å². The Balaban J connectivity index is 1.92. The summed E-state index contributed by atoms with van der Waals surface area (Å²) in [5.74, 6) is 0.751. The summed E-state index contributed by atoms with van der Waals surface area (Å²) in [6, 6.07) is 3.33. The summed E-state index contributed by atoms with van der Waals surface area (Å²) in [5, 5.41) is 9.98. The molecule has 0 radical (unpaired) electrons. The van der Waals surface area contributed by atoms with E-state index in [1.54, 1.807) is 12.1 Å². The first-order valence-electron chi connectivity index (χ1n) is 6.58. The van der Waals surface area contributed by atoms with Crippen LogP contribution in [-0.2, 0) is 4.79 Å². The second-order valence-electron chi connectivity index (χ2n) is 4.98. The van der Waals surface area contributed by atoms with Crippen molar-refractivity contribution in [3.05, 3.63) is 22.2 Å². The van der Waals surface area contributed by atoms with Gasteiger partial charge in [0.2, 0.25) is 5.91 Å². The lowest BCUT2D eigenvalue weighted by atomic mass is 10.2. The van der Waals surface area contributed by atoms with Gasteiger partial charge >= 0.3 is 0 Å². The Hall–Kier alpha value is -0.580. The van der Waals surface area contributed by atoms with Crippen LogP contribution in [0.5, 0.6) is 5.75 Å². The molecule has 110 valence electrons. The zero-order valence-electron chi connectivity index (χ0n) is 11.2. The minimum absolute atomic E-state index is 0.0375. The average Bonchev–Trinajstić information content (AvgIpc) is 2.95. The van der Waals surface area contributed by atoms with Gasteiger partial charge in [-0.2, -0.15) is 0 Å². The van der Waals surface area contributed by atoms with Gasteiger partial charge in [-0.25, -0.2) is 0 Å². The minimum atomic E-state index is -0.0983. The Labute approximate surface area is 133 Å². The Morgan fingerprint density at radius 3 is 2.45 bits per heavy atom. The van der Waals surface area contributed by atoms with Crippen molar-refractivity contribution in [2.24, 2.45) is 5.92 Å². The van der Waals surface area contributed by atoms with Crippen LogP contribution in [0.4, 0.5) is 0 Å². The lowest BCUT2D eigenvalue weighted by Crippen LogP contribution is -2.33. The standard InChI is InChI=1S/C14H17Cl2NO2S/c1-9(14(19)17-4-2-3-5-17)8-20-10-6-11(15)13(18)12(16)7-10/h6-7,9,18H,2-5,8H2,1H3. The van der Waals surface area contributed by atoms with Crippen LogP contribution in [0.15, 0.2) is 17.0 Å². The van der Waals surface area contributed by atoms with E-state index >= 15 is 0 Å². The van der Waals surface area contributed by atoms with Gasteiger partial charge < -0.3 is 10.0 Å². The maximum atomic E-state index is 12.2. The molecule has 1 heterocycles. The highest BCUT2D eigenvalue weighted by atomic mass is 35.5. The predicted molar refractivity (Wildman–Crippen MR) is 83.8 cm³/mol. The number of hydrogen-bond donors (Lipinski definition) is 1. The lowest BCUT2D eigenvalue weighted by molar-refractivity contribution is -0.133. The lowest BCUT2D eigenvalue weighted by Gasteiger charge is -2.20. The van der Waals surface area contributed by atoms with Crippen LogP contribution in [0.3, 0.4) is 0 Å². The van der Waals surface area contributed by atoms with Crippen LogP contribution in [-0.4, -0.2) is 34.8 Å². The maximum absolute atomic E-state index is 12.2. The molecule has 2 rings (SSSR count). The van der Waals surface area contributed by atoms with Crippen molar-refractivity contribution in [2.75, 3.05) is 18.8 Å². The summed E-state index contributed by atoms with van der Waals surface area (Å²) in [6.45, 7) is 3.70. The van der Waals surface area contributed by atoms with Gasteiger partial charge in [-0.15, -0.1) is 11.8 Å². The molecule has 0 aliphatic carbocycles. The number of carbonyl (C=O) groups excluding carboxylic acids is 1. The first-order chi connectivity index (χ1) is 9.49. The molecular formula is C14H17Cl2NO2S. The number of benzene rings is 1. The van der Waals surface area contributed by atoms with Gasteiger partial charge in [-0.1, -0.05) is 30.1 Å². The molecule has 1 aromatic carbocycles. The van der Waals surface area contributed by atoms with Crippen molar-refractivity contribution in [1.82, 2.24) is 4.90 Å². The molecule has 0 bridgehead atoms. The predicted octanol–water partition coefficient (Wildman–Crippen LogP) is 4.05. The molecule has 1 aliphatic heterocycles. The molecule has 1 unspecified atom stereocenters. The van der Waals surface area contributed by atoms with Crippen LogP contribution in [0.25, 0.3) is 0 Å². The van der Waals surface area contributed by atoms with Gasteiger partial charge in [0.25, 0.3) is 0 Å². The quantitative estimate of drug-likeness (QED) is 0.845. The number of carbonyl (C=O) groups is 1. The van der Waals surface area contributed by atoms with Gasteiger partial charge in [0.15, 0.2) is 5.75 Å². The van der Waals surface area contributed by atoms with Gasteiger partial charge in [-0.3, -0.25) is 4.79 Å². The molecule has 3 nitrogen and oxygen atoms in total. The highest BCUT2D eigenvalue weighted by molar-refractivity contribution is 7.99. The van der Waals surface area contributed by atoms with Gasteiger partial charge in [-0.05, 0) is 25.0 Å². The second-order valence-corrected chi connectivity index (χ2v) is 6.89. The molecular weight excluding hydrogens is 317 g/mol. The molecule has 20 heavy (non-hydrogen) atoms. The molecule has 1 saturated heterocycles. The third-order valence-corrected chi connectivity index (χ3v) is 5.14. The molecule has 0 saturated carbocycles. The van der Waals surface area contributed by atoms with Gasteiger partial charge in [0.05, 0.1) is 10.0 Å². The molecule has 1 aromatic rings. The van der Waals surface area contributed by atoms with Gasteiger partial charge in [0, 0.05) is 29.7 Å². The van der Waals surface area contributed by atoms with E-state index in [1.807, 2.05) is 11.8 Å². The number of aromatic hydroxyl groups is 1. The number of nitrogens with zero attached hydrogens (tertiary/aromatic N) is 1. The minimum Gasteiger partial charge on any atom is -0.505 e. The fourth-order valence-electron chi connectivity index (χ4n) is 2.17. The zero-order valence-corrected chi connectivity index (χ0v) is 13.6. The molecule has 0 spiro atoms. The number of amides is 1. The molecule has 1 amide bonds. The fraction of sp³-hybridized carbons (Fsp3) is 0.500. The fourth-order valence-corrected chi connectivity index (χ4v) is 3.77. The number of likely N-dealkylation sites (tertiary alicyclic amines) is 1. The highest BCUT2D eigenvalue weighted by Gasteiger charge is 2.23. The Bertz CT molecular complexity index is 481. The summed E-state index contributed by atoms with van der Waals surface area (Å²) < 4.78 is 0. The average molecular weight is 334 g/mol. The van der Waals surface area contributed by atoms with Crippen molar-refractivity contribution in [1.29, 1.82) is 0 Å².